The Morgan fingerprint density at radius 1 is 0.727 bits per heavy atom. The number of hydrogen-bond donors (Lipinski definition) is 1. The number of halogens is 2. The fourth-order valence-corrected chi connectivity index (χ4v) is 2.36. The summed E-state index contributed by atoms with van der Waals surface area (Å²) in [6.45, 7) is 0. The van der Waals surface area contributed by atoms with E-state index in [1.165, 1.54) is 0 Å². The number of rotatable bonds is 2. The van der Waals surface area contributed by atoms with E-state index in [0.717, 1.165) is 39.5 Å². The van der Waals surface area contributed by atoms with Crippen LogP contribution in [0.3, 0.4) is 0 Å². The molecule has 0 unspecified atom stereocenters. The molecule has 0 fully saturated rings. The van der Waals surface area contributed by atoms with Gasteiger partial charge in [-0.3, -0.25) is 4.98 Å². The maximum atomic E-state index is 7.00. The minimum absolute atomic E-state index is 0.720. The molecule has 0 saturated carbocycles. The lowest BCUT2D eigenvalue weighted by Crippen LogP contribution is -1.88. The molecule has 0 aliphatic heterocycles. The summed E-state index contributed by atoms with van der Waals surface area (Å²) in [4.78, 5) is 4.50. The van der Waals surface area contributed by atoms with Crippen molar-refractivity contribution in [3.63, 3.8) is 0 Å². The number of aliphatic hydroxyl groups is 1. The number of hydrogen-bond acceptors (Lipinski definition) is 2. The summed E-state index contributed by atoms with van der Waals surface area (Å²) in [5.74, 6) is 0. The van der Waals surface area contributed by atoms with Gasteiger partial charge in [-0.15, -0.1) is 0 Å². The summed E-state index contributed by atoms with van der Waals surface area (Å²) in [5, 5.41) is 8.45. The van der Waals surface area contributed by atoms with Crippen LogP contribution in [-0.2, 0) is 0 Å². The van der Waals surface area contributed by atoms with Crippen molar-refractivity contribution in [3.05, 3.63) is 76.9 Å². The average Bonchev–Trinajstić information content (AvgIpc) is 2.58. The Bertz CT molecular complexity index is 660. The van der Waals surface area contributed by atoms with Crippen LogP contribution in [0.15, 0.2) is 66.9 Å². The molecule has 0 saturated heterocycles. The molecule has 1 N–H and O–H groups in total. The van der Waals surface area contributed by atoms with Crippen LogP contribution in [0, 0.1) is 0 Å². The Morgan fingerprint density at radius 2 is 1.23 bits per heavy atom. The number of aliphatic hydroxyl groups excluding tert-OH is 1. The largest absolute Gasteiger partial charge is 0.400 e. The van der Waals surface area contributed by atoms with Gasteiger partial charge < -0.3 is 5.11 Å². The van der Waals surface area contributed by atoms with Crippen LogP contribution >= 0.6 is 23.2 Å². The van der Waals surface area contributed by atoms with Gasteiger partial charge in [0.15, 0.2) is 0 Å². The van der Waals surface area contributed by atoms with Crippen molar-refractivity contribution in [1.29, 1.82) is 0 Å². The molecule has 0 aliphatic rings. The first kappa shape index (κ1) is 16.5. The topological polar surface area (TPSA) is 33.1 Å². The smallest absolute Gasteiger partial charge is 0.0780 e. The summed E-state index contributed by atoms with van der Waals surface area (Å²) in [7, 11) is 1.00. The molecular formula is C18H15Cl2NO. The van der Waals surface area contributed by atoms with Gasteiger partial charge in [0.25, 0.3) is 0 Å². The molecule has 0 amide bonds. The van der Waals surface area contributed by atoms with E-state index in [1.54, 1.807) is 6.20 Å². The van der Waals surface area contributed by atoms with Gasteiger partial charge in [0.1, 0.15) is 0 Å². The fourth-order valence-electron chi connectivity index (χ4n) is 2.11. The lowest BCUT2D eigenvalue weighted by atomic mass is 9.99. The molecule has 0 atom stereocenters. The van der Waals surface area contributed by atoms with E-state index in [-0.39, 0.29) is 0 Å². The molecule has 1 heterocycles. The first-order valence-electron chi connectivity index (χ1n) is 6.66. The van der Waals surface area contributed by atoms with Crippen molar-refractivity contribution in [3.8, 4) is 22.4 Å². The van der Waals surface area contributed by atoms with E-state index in [0.29, 0.717) is 0 Å². The van der Waals surface area contributed by atoms with E-state index in [2.05, 4.69) is 11.1 Å². The number of nitrogens with zero attached hydrogens (tertiary/aromatic N) is 1. The van der Waals surface area contributed by atoms with Gasteiger partial charge in [-0.05, 0) is 35.9 Å². The maximum absolute atomic E-state index is 7.00. The van der Waals surface area contributed by atoms with Crippen LogP contribution in [0.1, 0.15) is 0 Å². The average molecular weight is 332 g/mol. The van der Waals surface area contributed by atoms with E-state index >= 15 is 0 Å². The minimum atomic E-state index is 0.720. The Kier molecular flexibility index (Phi) is 5.96. The second-order valence-corrected chi connectivity index (χ2v) is 5.29. The molecule has 4 heteroatoms. The second-order valence-electron chi connectivity index (χ2n) is 4.41. The SMILES string of the molecule is CO.Clc1ccc(-c2cccnc2-c2ccc(Cl)cc2)cc1. The minimum Gasteiger partial charge on any atom is -0.400 e. The lowest BCUT2D eigenvalue weighted by molar-refractivity contribution is 0.399. The van der Waals surface area contributed by atoms with E-state index < -0.39 is 0 Å². The highest BCUT2D eigenvalue weighted by molar-refractivity contribution is 6.31. The summed E-state index contributed by atoms with van der Waals surface area (Å²) >= 11 is 11.9. The molecule has 22 heavy (non-hydrogen) atoms. The molecule has 1 aromatic heterocycles. The normalized spacial score (nSPS) is 9.82. The molecular weight excluding hydrogens is 317 g/mol. The zero-order valence-corrected chi connectivity index (χ0v) is 13.5. The van der Waals surface area contributed by atoms with Crippen LogP contribution in [0.4, 0.5) is 0 Å². The maximum Gasteiger partial charge on any atom is 0.0780 e. The molecule has 2 aromatic carbocycles. The van der Waals surface area contributed by atoms with Crippen molar-refractivity contribution < 1.29 is 5.11 Å². The van der Waals surface area contributed by atoms with Crippen molar-refractivity contribution in [2.24, 2.45) is 0 Å². The quantitative estimate of drug-likeness (QED) is 0.688. The fraction of sp³-hybridized carbons (Fsp3) is 0.0556. The molecule has 0 radical (unpaired) electrons. The van der Waals surface area contributed by atoms with Gasteiger partial charge >= 0.3 is 0 Å². The Hall–Kier alpha value is -1.87. The zero-order chi connectivity index (χ0) is 15.9. The number of pyridine rings is 1. The predicted octanol–water partition coefficient (Wildman–Crippen LogP) is 5.33. The molecule has 0 spiro atoms. The number of benzene rings is 2. The predicted molar refractivity (Wildman–Crippen MR) is 93.3 cm³/mol. The van der Waals surface area contributed by atoms with Crippen LogP contribution in [0.25, 0.3) is 22.4 Å². The Morgan fingerprint density at radius 3 is 1.77 bits per heavy atom. The van der Waals surface area contributed by atoms with Crippen molar-refractivity contribution in [1.82, 2.24) is 4.98 Å². The third-order valence-electron chi connectivity index (χ3n) is 3.08. The standard InChI is InChI=1S/C17H11Cl2N.CH4O/c18-14-7-3-12(4-8-14)16-2-1-11-20-17(16)13-5-9-15(19)10-6-13;1-2/h1-11H;2H,1H3. The van der Waals surface area contributed by atoms with Gasteiger partial charge in [-0.2, -0.15) is 0 Å². The summed E-state index contributed by atoms with van der Waals surface area (Å²) in [6, 6.07) is 19.5. The summed E-state index contributed by atoms with van der Waals surface area (Å²) in [5.41, 5.74) is 4.14. The Labute approximate surface area is 140 Å². The summed E-state index contributed by atoms with van der Waals surface area (Å²) < 4.78 is 0. The van der Waals surface area contributed by atoms with Crippen LogP contribution < -0.4 is 0 Å². The van der Waals surface area contributed by atoms with Crippen molar-refractivity contribution >= 4 is 23.2 Å². The molecule has 0 bridgehead atoms. The molecule has 3 aromatic rings. The monoisotopic (exact) mass is 331 g/mol. The zero-order valence-electron chi connectivity index (χ0n) is 12.0. The highest BCUT2D eigenvalue weighted by Gasteiger charge is 2.08. The van der Waals surface area contributed by atoms with Crippen molar-refractivity contribution in [2.75, 3.05) is 7.11 Å². The van der Waals surface area contributed by atoms with Gasteiger partial charge in [-0.1, -0.05) is 53.5 Å². The van der Waals surface area contributed by atoms with Crippen LogP contribution in [-0.4, -0.2) is 17.2 Å². The van der Waals surface area contributed by atoms with Gasteiger partial charge in [0.05, 0.1) is 5.69 Å². The Balaban J connectivity index is 0.000000847. The summed E-state index contributed by atoms with van der Waals surface area (Å²) in [6.07, 6.45) is 1.79. The van der Waals surface area contributed by atoms with E-state index in [9.17, 15) is 0 Å². The molecule has 112 valence electrons. The first-order valence-corrected chi connectivity index (χ1v) is 7.41. The van der Waals surface area contributed by atoms with Crippen LogP contribution in [0.2, 0.25) is 10.0 Å². The highest BCUT2D eigenvalue weighted by atomic mass is 35.5. The lowest BCUT2D eigenvalue weighted by Gasteiger charge is -2.09. The first-order chi connectivity index (χ1) is 10.7. The third kappa shape index (κ3) is 3.86. The van der Waals surface area contributed by atoms with Gasteiger partial charge in [0.2, 0.25) is 0 Å². The van der Waals surface area contributed by atoms with Crippen LogP contribution in [0.5, 0.6) is 0 Å². The van der Waals surface area contributed by atoms with E-state index in [1.807, 2.05) is 54.6 Å². The molecule has 3 rings (SSSR count). The second kappa shape index (κ2) is 7.95. The van der Waals surface area contributed by atoms with Gasteiger partial charge in [-0.25, -0.2) is 0 Å². The highest BCUT2D eigenvalue weighted by Crippen LogP contribution is 2.31. The molecule has 0 aliphatic carbocycles. The third-order valence-corrected chi connectivity index (χ3v) is 3.58. The molecule has 2 nitrogen and oxygen atoms in total. The van der Waals surface area contributed by atoms with Crippen molar-refractivity contribution in [2.45, 2.75) is 0 Å². The van der Waals surface area contributed by atoms with Gasteiger partial charge in [0, 0.05) is 34.5 Å². The number of aromatic nitrogens is 1. The van der Waals surface area contributed by atoms with E-state index in [4.69, 9.17) is 28.3 Å².